The van der Waals surface area contributed by atoms with E-state index < -0.39 is 0 Å². The molecule has 138 valence electrons. The highest BCUT2D eigenvalue weighted by Gasteiger charge is 2.71. The molecule has 3 heteroatoms. The van der Waals surface area contributed by atoms with E-state index in [0.29, 0.717) is 28.9 Å². The van der Waals surface area contributed by atoms with Crippen LogP contribution in [0.25, 0.3) is 0 Å². The molecule has 7 aliphatic rings. The molecule has 2 aliphatic heterocycles. The van der Waals surface area contributed by atoms with Crippen LogP contribution in [0.4, 0.5) is 0 Å². The second-order valence-corrected chi connectivity index (χ2v) is 10.6. The molecule has 0 aromatic rings. The highest BCUT2D eigenvalue weighted by atomic mass is 16.5. The summed E-state index contributed by atoms with van der Waals surface area (Å²) in [6.45, 7) is 10.1. The van der Waals surface area contributed by atoms with E-state index in [4.69, 9.17) is 4.74 Å². The van der Waals surface area contributed by atoms with Crippen LogP contribution < -0.4 is 0 Å². The molecule has 7 fully saturated rings. The monoisotopic (exact) mass is 343 g/mol. The Morgan fingerprint density at radius 1 is 1.12 bits per heavy atom. The SMILES string of the molecule is C=C1C2CCC3(CC[C@@H]4C5(C)CCCC4(CN4CCO[C@@H]45)[C@@H]3C2)[C@H]1O. The van der Waals surface area contributed by atoms with Crippen molar-refractivity contribution in [1.82, 2.24) is 4.90 Å². The molecule has 4 bridgehead atoms. The number of fused-ring (bicyclic) bond motifs is 4. The Hall–Kier alpha value is -0.380. The van der Waals surface area contributed by atoms with E-state index in [1.165, 1.54) is 63.5 Å². The van der Waals surface area contributed by atoms with Gasteiger partial charge in [-0.2, -0.15) is 0 Å². The lowest BCUT2D eigenvalue weighted by atomic mass is 9.34. The average Bonchev–Trinajstić information content (AvgIpc) is 3.07. The fourth-order valence-electron chi connectivity index (χ4n) is 9.25. The predicted octanol–water partition coefficient (Wildman–Crippen LogP) is 3.58. The molecule has 4 unspecified atom stereocenters. The van der Waals surface area contributed by atoms with Gasteiger partial charge in [-0.05, 0) is 73.7 Å². The first-order chi connectivity index (χ1) is 12.0. The first-order valence-electron chi connectivity index (χ1n) is 10.7. The van der Waals surface area contributed by atoms with Crippen molar-refractivity contribution < 1.29 is 9.84 Å². The molecule has 2 heterocycles. The molecule has 5 aliphatic carbocycles. The number of ether oxygens (including phenoxy) is 1. The quantitative estimate of drug-likeness (QED) is 0.683. The highest BCUT2D eigenvalue weighted by molar-refractivity contribution is 5.28. The van der Waals surface area contributed by atoms with E-state index in [2.05, 4.69) is 18.4 Å². The zero-order valence-corrected chi connectivity index (χ0v) is 15.7. The summed E-state index contributed by atoms with van der Waals surface area (Å²) >= 11 is 0. The summed E-state index contributed by atoms with van der Waals surface area (Å²) in [6, 6.07) is 0. The van der Waals surface area contributed by atoms with Crippen LogP contribution in [0, 0.1) is 34.0 Å². The Morgan fingerprint density at radius 2 is 1.96 bits per heavy atom. The lowest BCUT2D eigenvalue weighted by molar-refractivity contribution is -0.273. The third-order valence-electron chi connectivity index (χ3n) is 10.1. The molecule has 0 radical (unpaired) electrons. The molecule has 1 spiro atoms. The summed E-state index contributed by atoms with van der Waals surface area (Å²) in [5, 5.41) is 11.3. The van der Waals surface area contributed by atoms with Crippen molar-refractivity contribution >= 4 is 0 Å². The molecule has 0 aromatic carbocycles. The number of rotatable bonds is 0. The maximum Gasteiger partial charge on any atom is 0.116 e. The van der Waals surface area contributed by atoms with Gasteiger partial charge in [0.2, 0.25) is 0 Å². The summed E-state index contributed by atoms with van der Waals surface area (Å²) in [4.78, 5) is 2.69. The molecule has 25 heavy (non-hydrogen) atoms. The van der Waals surface area contributed by atoms with Crippen LogP contribution in [0.5, 0.6) is 0 Å². The van der Waals surface area contributed by atoms with Gasteiger partial charge in [-0.25, -0.2) is 0 Å². The second-order valence-electron chi connectivity index (χ2n) is 10.6. The van der Waals surface area contributed by atoms with Gasteiger partial charge in [0.1, 0.15) is 6.23 Å². The smallest absolute Gasteiger partial charge is 0.116 e. The fraction of sp³-hybridized carbons (Fsp3) is 0.909. The maximum atomic E-state index is 11.3. The molecule has 0 amide bonds. The van der Waals surface area contributed by atoms with E-state index in [1.807, 2.05) is 0 Å². The third-order valence-corrected chi connectivity index (χ3v) is 10.1. The molecule has 8 atom stereocenters. The van der Waals surface area contributed by atoms with Gasteiger partial charge in [-0.3, -0.25) is 4.90 Å². The van der Waals surface area contributed by atoms with E-state index in [-0.39, 0.29) is 11.5 Å². The summed E-state index contributed by atoms with van der Waals surface area (Å²) in [5.74, 6) is 2.08. The standard InChI is InChI=1S/C22H33NO2/c1-14-15-4-8-21(18(14)24)9-5-16-20(2)6-3-7-22(16,17(21)12-15)13-23-10-11-25-19(20)23/h15-19,24H,1,3-13H2,2H3/t15?,16-,17-,18+,19-,20?,21?,22?/m1/s1. The first-order valence-corrected chi connectivity index (χ1v) is 10.7. The minimum absolute atomic E-state index is 0.147. The van der Waals surface area contributed by atoms with Gasteiger partial charge in [-0.1, -0.05) is 19.9 Å². The fourth-order valence-corrected chi connectivity index (χ4v) is 9.25. The van der Waals surface area contributed by atoms with Crippen LogP contribution in [0.1, 0.15) is 58.3 Å². The van der Waals surface area contributed by atoms with Crippen LogP contribution in [0.15, 0.2) is 12.2 Å². The summed E-state index contributed by atoms with van der Waals surface area (Å²) in [6.07, 6.45) is 10.6. The van der Waals surface area contributed by atoms with Crippen LogP contribution in [-0.4, -0.2) is 42.0 Å². The van der Waals surface area contributed by atoms with Crippen molar-refractivity contribution in [1.29, 1.82) is 0 Å². The summed E-state index contributed by atoms with van der Waals surface area (Å²) < 4.78 is 6.29. The first kappa shape index (κ1) is 15.7. The molecular weight excluding hydrogens is 310 g/mol. The minimum Gasteiger partial charge on any atom is -0.388 e. The molecule has 7 rings (SSSR count). The highest BCUT2D eigenvalue weighted by Crippen LogP contribution is 2.74. The van der Waals surface area contributed by atoms with Crippen LogP contribution in [0.2, 0.25) is 0 Å². The largest absolute Gasteiger partial charge is 0.388 e. The van der Waals surface area contributed by atoms with Gasteiger partial charge in [-0.15, -0.1) is 0 Å². The molecule has 2 saturated heterocycles. The Labute approximate surface area is 151 Å². The Morgan fingerprint density at radius 3 is 2.84 bits per heavy atom. The predicted molar refractivity (Wildman–Crippen MR) is 96.8 cm³/mol. The lowest BCUT2D eigenvalue weighted by Crippen LogP contribution is -2.72. The number of hydrogen-bond acceptors (Lipinski definition) is 3. The van der Waals surface area contributed by atoms with Crippen molar-refractivity contribution in [3.8, 4) is 0 Å². The van der Waals surface area contributed by atoms with Crippen LogP contribution in [-0.2, 0) is 4.74 Å². The Balaban J connectivity index is 1.49. The van der Waals surface area contributed by atoms with Gasteiger partial charge in [0.05, 0.1) is 12.7 Å². The van der Waals surface area contributed by atoms with E-state index in [9.17, 15) is 5.11 Å². The Bertz CT molecular complexity index is 634. The maximum absolute atomic E-state index is 11.3. The number of aliphatic hydroxyl groups is 1. The van der Waals surface area contributed by atoms with Gasteiger partial charge in [0.15, 0.2) is 0 Å². The van der Waals surface area contributed by atoms with Gasteiger partial charge in [0.25, 0.3) is 0 Å². The van der Waals surface area contributed by atoms with E-state index in [1.54, 1.807) is 0 Å². The number of aliphatic hydroxyl groups excluding tert-OH is 1. The van der Waals surface area contributed by atoms with Crippen molar-refractivity contribution in [3.05, 3.63) is 12.2 Å². The summed E-state index contributed by atoms with van der Waals surface area (Å²) in [7, 11) is 0. The average molecular weight is 344 g/mol. The van der Waals surface area contributed by atoms with Crippen molar-refractivity contribution in [2.24, 2.45) is 34.0 Å². The van der Waals surface area contributed by atoms with Crippen molar-refractivity contribution in [3.63, 3.8) is 0 Å². The molecule has 3 nitrogen and oxygen atoms in total. The van der Waals surface area contributed by atoms with Gasteiger partial charge in [0, 0.05) is 23.9 Å². The molecule has 0 aromatic heterocycles. The summed E-state index contributed by atoms with van der Waals surface area (Å²) in [5.41, 5.74) is 2.07. The van der Waals surface area contributed by atoms with Crippen LogP contribution >= 0.6 is 0 Å². The Kier molecular flexibility index (Phi) is 2.95. The molecule has 1 N–H and O–H groups in total. The third kappa shape index (κ3) is 1.62. The van der Waals surface area contributed by atoms with Gasteiger partial charge >= 0.3 is 0 Å². The number of nitrogens with zero attached hydrogens (tertiary/aromatic N) is 1. The van der Waals surface area contributed by atoms with Crippen molar-refractivity contribution in [2.75, 3.05) is 19.7 Å². The zero-order valence-electron chi connectivity index (χ0n) is 15.7. The number of hydrogen-bond donors (Lipinski definition) is 1. The van der Waals surface area contributed by atoms with Crippen LogP contribution in [0.3, 0.4) is 0 Å². The normalized spacial score (nSPS) is 60.1. The van der Waals surface area contributed by atoms with E-state index >= 15 is 0 Å². The topological polar surface area (TPSA) is 32.7 Å². The zero-order chi connectivity index (χ0) is 17.0. The van der Waals surface area contributed by atoms with Gasteiger partial charge < -0.3 is 9.84 Å². The van der Waals surface area contributed by atoms with E-state index in [0.717, 1.165) is 19.1 Å². The second kappa shape index (κ2) is 4.72. The molecule has 5 saturated carbocycles. The minimum atomic E-state index is -0.235. The number of piperidine rings is 1. The molecular formula is C22H33NO2. The lowest BCUT2D eigenvalue weighted by Gasteiger charge is -2.73. The van der Waals surface area contributed by atoms with Crippen molar-refractivity contribution in [2.45, 2.75) is 70.6 Å².